The van der Waals surface area contributed by atoms with Crippen LogP contribution in [0.25, 0.3) is 0 Å². The molecule has 2 heterocycles. The van der Waals surface area contributed by atoms with Crippen LogP contribution in [0.3, 0.4) is 0 Å². The van der Waals surface area contributed by atoms with Crippen molar-refractivity contribution in [3.63, 3.8) is 0 Å². The second-order valence-electron chi connectivity index (χ2n) is 11.6. The standard InChI is InChI=1S/C28H34N4O7/c1-4-30-20-15-8-12-7-13-18(16(33)9-14-21-11(5-6-31(21)2)10-32(3)22(13)14)23(34)17(12)25(36)28(15,39)26(37)19(24(20)35)27(29)38/h9,11-12,15,20-21,30,33,35-36,39H,4-8,10H2,1-3H3,(H2,29,38)/t11?,12-,15-,20-,21?,28-/m0/s1. The highest BCUT2D eigenvalue weighted by atomic mass is 16.3. The van der Waals surface area contributed by atoms with Crippen LogP contribution in [-0.4, -0.2) is 88.2 Å². The van der Waals surface area contributed by atoms with E-state index in [1.54, 1.807) is 13.0 Å². The quantitative estimate of drug-likeness (QED) is 0.299. The van der Waals surface area contributed by atoms with Crippen LogP contribution in [-0.2, 0) is 16.0 Å². The van der Waals surface area contributed by atoms with Crippen LogP contribution in [0.4, 0.5) is 5.69 Å². The minimum Gasteiger partial charge on any atom is -0.510 e. The minimum atomic E-state index is -2.64. The first-order valence-electron chi connectivity index (χ1n) is 13.4. The van der Waals surface area contributed by atoms with E-state index in [0.717, 1.165) is 30.8 Å². The number of primary amides is 1. The lowest BCUT2D eigenvalue weighted by Crippen LogP contribution is -2.64. The van der Waals surface area contributed by atoms with Crippen molar-refractivity contribution in [2.24, 2.45) is 23.5 Å². The molecule has 1 fully saturated rings. The molecule has 6 atom stereocenters. The minimum absolute atomic E-state index is 0.0551. The molecule has 11 heteroatoms. The summed E-state index contributed by atoms with van der Waals surface area (Å²) in [4.78, 5) is 43.9. The molecule has 0 bridgehead atoms. The number of aliphatic hydroxyl groups is 3. The number of amides is 1. The number of phenols is 1. The average Bonchev–Trinajstić information content (AvgIpc) is 3.23. The number of carbonyl (C=O) groups excluding carboxylic acids is 3. The number of aromatic hydroxyl groups is 1. The summed E-state index contributed by atoms with van der Waals surface area (Å²) in [6.45, 7) is 3.83. The molecule has 208 valence electrons. The molecular weight excluding hydrogens is 504 g/mol. The normalized spacial score (nSPS) is 33.9. The zero-order valence-corrected chi connectivity index (χ0v) is 22.2. The van der Waals surface area contributed by atoms with E-state index in [1.807, 2.05) is 7.05 Å². The highest BCUT2D eigenvalue weighted by Crippen LogP contribution is 2.55. The van der Waals surface area contributed by atoms with Crippen molar-refractivity contribution in [1.82, 2.24) is 10.2 Å². The van der Waals surface area contributed by atoms with E-state index in [2.05, 4.69) is 22.2 Å². The number of Topliss-reactive ketones (excluding diaryl/α,β-unsaturated/α-hetero) is 2. The second kappa shape index (κ2) is 8.54. The van der Waals surface area contributed by atoms with Gasteiger partial charge in [-0.25, -0.2) is 0 Å². The van der Waals surface area contributed by atoms with Crippen LogP contribution in [0.15, 0.2) is 28.7 Å². The SMILES string of the molecule is CCN[C@@H]1C(O)=C(C(N)=O)C(=O)[C@@]2(O)C(O)=C3C(=O)c4c(O)cc5c(c4C[C@H]3C[C@@H]12)N(C)CC1CCN(C)C51. The first-order valence-corrected chi connectivity index (χ1v) is 13.4. The summed E-state index contributed by atoms with van der Waals surface area (Å²) >= 11 is 0. The van der Waals surface area contributed by atoms with Gasteiger partial charge in [0, 0.05) is 36.8 Å². The Bertz CT molecular complexity index is 1400. The number of nitrogens with one attached hydrogen (secondary N) is 1. The number of nitrogens with zero attached hydrogens (tertiary/aromatic N) is 2. The Balaban J connectivity index is 1.53. The fourth-order valence-electron chi connectivity index (χ4n) is 8.05. The second-order valence-corrected chi connectivity index (χ2v) is 11.6. The highest BCUT2D eigenvalue weighted by Gasteiger charge is 2.63. The molecule has 3 aliphatic carbocycles. The molecule has 6 rings (SSSR count). The number of hydrogen-bond donors (Lipinski definition) is 6. The van der Waals surface area contributed by atoms with Crippen LogP contribution in [0.2, 0.25) is 0 Å². The van der Waals surface area contributed by atoms with E-state index >= 15 is 0 Å². The predicted molar refractivity (Wildman–Crippen MR) is 140 cm³/mol. The van der Waals surface area contributed by atoms with Gasteiger partial charge in [-0.1, -0.05) is 6.92 Å². The van der Waals surface area contributed by atoms with Crippen molar-refractivity contribution >= 4 is 23.2 Å². The van der Waals surface area contributed by atoms with Gasteiger partial charge in [0.2, 0.25) is 5.78 Å². The Kier molecular flexibility index (Phi) is 5.66. The van der Waals surface area contributed by atoms with E-state index < -0.39 is 58.0 Å². The number of phenolic OH excluding ortho intramolecular Hbond substituents is 1. The molecule has 0 radical (unpaired) electrons. The lowest BCUT2D eigenvalue weighted by Gasteiger charge is -2.49. The third-order valence-corrected chi connectivity index (χ3v) is 9.61. The van der Waals surface area contributed by atoms with E-state index in [1.165, 1.54) is 0 Å². The molecular formula is C28H34N4O7. The Morgan fingerprint density at radius 1 is 1.23 bits per heavy atom. The number of likely N-dealkylation sites (tertiary alicyclic amines) is 1. The maximum atomic E-state index is 14.0. The van der Waals surface area contributed by atoms with Crippen LogP contribution in [0, 0.1) is 17.8 Å². The molecule has 0 aromatic heterocycles. The molecule has 11 nitrogen and oxygen atoms in total. The molecule has 1 saturated heterocycles. The lowest BCUT2D eigenvalue weighted by atomic mass is 9.58. The van der Waals surface area contributed by atoms with Crippen molar-refractivity contribution in [3.05, 3.63) is 45.4 Å². The van der Waals surface area contributed by atoms with E-state index in [-0.39, 0.29) is 35.8 Å². The third-order valence-electron chi connectivity index (χ3n) is 9.61. The van der Waals surface area contributed by atoms with Crippen LogP contribution >= 0.6 is 0 Å². The van der Waals surface area contributed by atoms with Gasteiger partial charge in [-0.3, -0.25) is 19.3 Å². The molecule has 0 saturated carbocycles. The van der Waals surface area contributed by atoms with Gasteiger partial charge in [0.25, 0.3) is 5.91 Å². The Labute approximate surface area is 225 Å². The van der Waals surface area contributed by atoms with E-state index in [0.29, 0.717) is 18.0 Å². The van der Waals surface area contributed by atoms with Gasteiger partial charge in [-0.15, -0.1) is 0 Å². The van der Waals surface area contributed by atoms with Crippen molar-refractivity contribution < 1.29 is 34.8 Å². The number of likely N-dealkylation sites (N-methyl/N-ethyl adjacent to an activating group) is 1. The molecule has 2 aliphatic heterocycles. The van der Waals surface area contributed by atoms with Crippen molar-refractivity contribution in [1.29, 1.82) is 0 Å². The van der Waals surface area contributed by atoms with Crippen molar-refractivity contribution in [2.45, 2.75) is 43.9 Å². The number of anilines is 1. The maximum absolute atomic E-state index is 14.0. The fraction of sp³-hybridized carbons (Fsp3) is 0.536. The first kappa shape index (κ1) is 25.8. The maximum Gasteiger partial charge on any atom is 0.255 e. The Morgan fingerprint density at radius 3 is 2.62 bits per heavy atom. The highest BCUT2D eigenvalue weighted by molar-refractivity contribution is 6.25. The smallest absolute Gasteiger partial charge is 0.255 e. The zero-order chi connectivity index (χ0) is 28.1. The summed E-state index contributed by atoms with van der Waals surface area (Å²) in [5.74, 6) is -6.02. The molecule has 1 amide bonds. The van der Waals surface area contributed by atoms with Gasteiger partial charge >= 0.3 is 0 Å². The summed E-state index contributed by atoms with van der Waals surface area (Å²) in [7, 11) is 4.04. The third kappa shape index (κ3) is 3.23. The number of hydrogen-bond acceptors (Lipinski definition) is 10. The van der Waals surface area contributed by atoms with Gasteiger partial charge < -0.3 is 36.4 Å². The summed E-state index contributed by atoms with van der Waals surface area (Å²) < 4.78 is 0. The van der Waals surface area contributed by atoms with Crippen molar-refractivity contribution in [2.75, 3.05) is 38.6 Å². The summed E-state index contributed by atoms with van der Waals surface area (Å²) in [6.07, 6.45) is 1.39. The fourth-order valence-corrected chi connectivity index (χ4v) is 8.05. The van der Waals surface area contributed by atoms with E-state index in [9.17, 15) is 34.8 Å². The van der Waals surface area contributed by atoms with Gasteiger partial charge in [0.15, 0.2) is 11.4 Å². The topological polar surface area (TPSA) is 177 Å². The molecule has 2 unspecified atom stereocenters. The monoisotopic (exact) mass is 538 g/mol. The molecule has 39 heavy (non-hydrogen) atoms. The number of ketones is 2. The largest absolute Gasteiger partial charge is 0.510 e. The van der Waals surface area contributed by atoms with Gasteiger partial charge in [-0.05, 0) is 68.4 Å². The predicted octanol–water partition coefficient (Wildman–Crippen LogP) is 0.611. The number of carbonyl (C=O) groups is 3. The first-order chi connectivity index (χ1) is 18.4. The number of allylic oxidation sites excluding steroid dienone is 1. The number of fused-ring (bicyclic) bond motifs is 7. The molecule has 7 N–H and O–H groups in total. The molecule has 5 aliphatic rings. The van der Waals surface area contributed by atoms with Gasteiger partial charge in [-0.2, -0.15) is 0 Å². The number of aliphatic hydroxyl groups excluding tert-OH is 2. The molecule has 1 aromatic rings. The number of benzene rings is 1. The Morgan fingerprint density at radius 2 is 1.95 bits per heavy atom. The van der Waals surface area contributed by atoms with E-state index in [4.69, 9.17) is 5.73 Å². The molecule has 0 spiro atoms. The molecule has 1 aromatic carbocycles. The number of nitrogens with two attached hydrogens (primary N) is 1. The van der Waals surface area contributed by atoms with Gasteiger partial charge in [0.1, 0.15) is 22.8 Å². The number of rotatable bonds is 3. The Hall–Kier alpha value is -3.41. The average molecular weight is 539 g/mol. The summed E-state index contributed by atoms with van der Waals surface area (Å²) in [5.41, 5.74) is 4.38. The van der Waals surface area contributed by atoms with Gasteiger partial charge in [0.05, 0.1) is 11.6 Å². The summed E-state index contributed by atoms with van der Waals surface area (Å²) in [5, 5.41) is 48.2. The van der Waals surface area contributed by atoms with Crippen LogP contribution in [0.1, 0.15) is 47.3 Å². The van der Waals surface area contributed by atoms with Crippen LogP contribution in [0.5, 0.6) is 5.75 Å². The summed E-state index contributed by atoms with van der Waals surface area (Å²) in [6, 6.07) is 0.708. The van der Waals surface area contributed by atoms with Crippen LogP contribution < -0.4 is 16.0 Å². The zero-order valence-electron chi connectivity index (χ0n) is 22.2. The lowest BCUT2D eigenvalue weighted by molar-refractivity contribution is -0.146. The van der Waals surface area contributed by atoms with Crippen molar-refractivity contribution in [3.8, 4) is 5.75 Å².